The summed E-state index contributed by atoms with van der Waals surface area (Å²) in [6.07, 6.45) is 2.28. The lowest BCUT2D eigenvalue weighted by atomic mass is 9.91. The van der Waals surface area contributed by atoms with E-state index in [9.17, 15) is 0 Å². The smallest absolute Gasteiger partial charge is 0.0211 e. The van der Waals surface area contributed by atoms with Crippen molar-refractivity contribution in [3.63, 3.8) is 0 Å². The Balaban J connectivity index is 1.76. The standard InChI is InChI=1S/C25H19/c1-3-11-20(12-4-1)24-17-9-7-15-22(24)19-23-16-8-10-18-25(23)21-13-5-2-6-14-21/h1-19H. The highest BCUT2D eigenvalue weighted by Crippen LogP contribution is 2.31. The van der Waals surface area contributed by atoms with Gasteiger partial charge in [-0.05, 0) is 33.4 Å². The fourth-order valence-electron chi connectivity index (χ4n) is 3.17. The summed E-state index contributed by atoms with van der Waals surface area (Å²) in [5.74, 6) is 0. The maximum Gasteiger partial charge on any atom is 0.0211 e. The molecule has 0 aliphatic heterocycles. The number of hydrogen-bond acceptors (Lipinski definition) is 0. The molecule has 0 atom stereocenters. The molecule has 0 spiro atoms. The summed E-state index contributed by atoms with van der Waals surface area (Å²) in [7, 11) is 0. The highest BCUT2D eigenvalue weighted by molar-refractivity contribution is 5.74. The van der Waals surface area contributed by atoms with E-state index in [1.807, 2.05) is 0 Å². The van der Waals surface area contributed by atoms with Crippen LogP contribution in [-0.4, -0.2) is 0 Å². The molecule has 0 aromatic heterocycles. The van der Waals surface area contributed by atoms with E-state index < -0.39 is 0 Å². The second-order valence-corrected chi connectivity index (χ2v) is 6.05. The van der Waals surface area contributed by atoms with Crippen molar-refractivity contribution < 1.29 is 0 Å². The minimum absolute atomic E-state index is 1.23. The third kappa shape index (κ3) is 3.39. The Labute approximate surface area is 149 Å². The van der Waals surface area contributed by atoms with Gasteiger partial charge in [-0.1, -0.05) is 109 Å². The van der Waals surface area contributed by atoms with E-state index in [0.717, 1.165) is 0 Å². The van der Waals surface area contributed by atoms with E-state index in [1.165, 1.54) is 33.4 Å². The average Bonchev–Trinajstić information content (AvgIpc) is 2.70. The van der Waals surface area contributed by atoms with Gasteiger partial charge in [0.1, 0.15) is 0 Å². The maximum atomic E-state index is 2.28. The zero-order chi connectivity index (χ0) is 16.9. The Kier molecular flexibility index (Phi) is 4.43. The summed E-state index contributed by atoms with van der Waals surface area (Å²) < 4.78 is 0. The predicted octanol–water partition coefficient (Wildman–Crippen LogP) is 6.62. The number of rotatable bonds is 4. The molecule has 0 aliphatic carbocycles. The lowest BCUT2D eigenvalue weighted by molar-refractivity contribution is 1.42. The highest BCUT2D eigenvalue weighted by atomic mass is 14.1. The molecule has 0 unspecified atom stereocenters. The molecule has 0 fully saturated rings. The van der Waals surface area contributed by atoms with Crippen LogP contribution >= 0.6 is 0 Å². The van der Waals surface area contributed by atoms with Crippen molar-refractivity contribution in [2.24, 2.45) is 0 Å². The van der Waals surface area contributed by atoms with Gasteiger partial charge in [-0.15, -0.1) is 0 Å². The first-order chi connectivity index (χ1) is 12.4. The van der Waals surface area contributed by atoms with Crippen LogP contribution in [-0.2, 0) is 0 Å². The van der Waals surface area contributed by atoms with Crippen LogP contribution in [0.1, 0.15) is 11.1 Å². The Morgan fingerprint density at radius 1 is 0.360 bits per heavy atom. The SMILES string of the molecule is [CH](c1ccccc1-c1ccccc1)c1ccccc1-c1ccccc1. The summed E-state index contributed by atoms with van der Waals surface area (Å²) in [5, 5.41) is 0. The van der Waals surface area contributed by atoms with Gasteiger partial charge in [0.05, 0.1) is 0 Å². The molecule has 25 heavy (non-hydrogen) atoms. The van der Waals surface area contributed by atoms with E-state index in [4.69, 9.17) is 0 Å². The summed E-state index contributed by atoms with van der Waals surface area (Å²) >= 11 is 0. The van der Waals surface area contributed by atoms with Crippen LogP contribution in [0.4, 0.5) is 0 Å². The fourth-order valence-corrected chi connectivity index (χ4v) is 3.17. The Morgan fingerprint density at radius 2 is 0.720 bits per heavy atom. The molecular formula is C25H19. The topological polar surface area (TPSA) is 0 Å². The monoisotopic (exact) mass is 319 g/mol. The van der Waals surface area contributed by atoms with Crippen LogP contribution in [0.25, 0.3) is 22.3 Å². The lowest BCUT2D eigenvalue weighted by Gasteiger charge is -2.13. The highest BCUT2D eigenvalue weighted by Gasteiger charge is 2.09. The fraction of sp³-hybridized carbons (Fsp3) is 0. The van der Waals surface area contributed by atoms with Crippen molar-refractivity contribution in [2.45, 2.75) is 0 Å². The first-order valence-electron chi connectivity index (χ1n) is 8.55. The van der Waals surface area contributed by atoms with Gasteiger partial charge in [0.15, 0.2) is 0 Å². The van der Waals surface area contributed by atoms with Crippen LogP contribution in [0.15, 0.2) is 109 Å². The molecule has 4 aromatic rings. The zero-order valence-electron chi connectivity index (χ0n) is 14.0. The van der Waals surface area contributed by atoms with Crippen LogP contribution in [0, 0.1) is 6.42 Å². The normalized spacial score (nSPS) is 10.6. The third-order valence-electron chi connectivity index (χ3n) is 4.40. The van der Waals surface area contributed by atoms with Gasteiger partial charge in [-0.2, -0.15) is 0 Å². The van der Waals surface area contributed by atoms with Gasteiger partial charge in [-0.25, -0.2) is 0 Å². The Bertz CT molecular complexity index is 872. The molecule has 0 aliphatic rings. The molecule has 0 bridgehead atoms. The molecule has 0 N–H and O–H groups in total. The minimum atomic E-state index is 1.23. The van der Waals surface area contributed by atoms with Crippen LogP contribution in [0.3, 0.4) is 0 Å². The second-order valence-electron chi connectivity index (χ2n) is 6.05. The Morgan fingerprint density at radius 3 is 1.16 bits per heavy atom. The first kappa shape index (κ1) is 15.4. The molecule has 0 saturated heterocycles. The summed E-state index contributed by atoms with van der Waals surface area (Å²) in [5.41, 5.74) is 7.46. The van der Waals surface area contributed by atoms with Crippen LogP contribution in [0.2, 0.25) is 0 Å². The Hall–Kier alpha value is -3.12. The summed E-state index contributed by atoms with van der Waals surface area (Å²) in [6, 6.07) is 38.3. The van der Waals surface area contributed by atoms with E-state index in [0.29, 0.717) is 0 Å². The van der Waals surface area contributed by atoms with Gasteiger partial charge in [-0.3, -0.25) is 0 Å². The van der Waals surface area contributed by atoms with E-state index in [2.05, 4.69) is 116 Å². The van der Waals surface area contributed by atoms with Gasteiger partial charge in [0, 0.05) is 6.42 Å². The molecule has 0 amide bonds. The zero-order valence-corrected chi connectivity index (χ0v) is 14.0. The van der Waals surface area contributed by atoms with Crippen molar-refractivity contribution in [1.29, 1.82) is 0 Å². The van der Waals surface area contributed by atoms with E-state index in [-0.39, 0.29) is 0 Å². The minimum Gasteiger partial charge on any atom is -0.0622 e. The largest absolute Gasteiger partial charge is 0.0622 e. The van der Waals surface area contributed by atoms with Gasteiger partial charge in [0.2, 0.25) is 0 Å². The quantitative estimate of drug-likeness (QED) is 0.396. The lowest BCUT2D eigenvalue weighted by Crippen LogP contribution is -1.92. The second kappa shape index (κ2) is 7.19. The molecule has 0 heterocycles. The maximum absolute atomic E-state index is 2.28. The molecule has 4 aromatic carbocycles. The summed E-state index contributed by atoms with van der Waals surface area (Å²) in [4.78, 5) is 0. The van der Waals surface area contributed by atoms with Crippen molar-refractivity contribution in [3.8, 4) is 22.3 Å². The van der Waals surface area contributed by atoms with E-state index >= 15 is 0 Å². The van der Waals surface area contributed by atoms with Crippen molar-refractivity contribution >= 4 is 0 Å². The first-order valence-corrected chi connectivity index (χ1v) is 8.55. The molecule has 0 saturated carbocycles. The van der Waals surface area contributed by atoms with Gasteiger partial charge >= 0.3 is 0 Å². The molecule has 4 rings (SSSR count). The third-order valence-corrected chi connectivity index (χ3v) is 4.40. The number of hydrogen-bond donors (Lipinski definition) is 0. The molecule has 119 valence electrons. The molecule has 0 heteroatoms. The predicted molar refractivity (Wildman–Crippen MR) is 106 cm³/mol. The van der Waals surface area contributed by atoms with Crippen molar-refractivity contribution in [3.05, 3.63) is 127 Å². The average molecular weight is 319 g/mol. The van der Waals surface area contributed by atoms with Crippen molar-refractivity contribution in [2.75, 3.05) is 0 Å². The molecule has 0 nitrogen and oxygen atoms in total. The molecular weight excluding hydrogens is 300 g/mol. The number of benzene rings is 4. The summed E-state index contributed by atoms with van der Waals surface area (Å²) in [6.45, 7) is 0. The van der Waals surface area contributed by atoms with Crippen LogP contribution in [0.5, 0.6) is 0 Å². The van der Waals surface area contributed by atoms with E-state index in [1.54, 1.807) is 0 Å². The van der Waals surface area contributed by atoms with Gasteiger partial charge < -0.3 is 0 Å². The van der Waals surface area contributed by atoms with Crippen molar-refractivity contribution in [1.82, 2.24) is 0 Å². The van der Waals surface area contributed by atoms with Crippen LogP contribution < -0.4 is 0 Å². The molecule has 1 radical (unpaired) electrons. The van der Waals surface area contributed by atoms with Gasteiger partial charge in [0.25, 0.3) is 0 Å².